The highest BCUT2D eigenvalue weighted by Gasteiger charge is 2.27. The summed E-state index contributed by atoms with van der Waals surface area (Å²) in [6, 6.07) is 6.18. The molecule has 0 aliphatic carbocycles. The summed E-state index contributed by atoms with van der Waals surface area (Å²) in [7, 11) is 0. The maximum atomic E-state index is 12.4. The van der Waals surface area contributed by atoms with Crippen LogP contribution in [0.4, 0.5) is 24.7 Å². The van der Waals surface area contributed by atoms with E-state index in [2.05, 4.69) is 15.3 Å². The number of amides is 1. The predicted molar refractivity (Wildman–Crippen MR) is 96.6 cm³/mol. The van der Waals surface area contributed by atoms with Gasteiger partial charge in [-0.25, -0.2) is 9.97 Å². The number of fused-ring (bicyclic) bond motifs is 1. The molecule has 0 aliphatic heterocycles. The first-order chi connectivity index (χ1) is 12.7. The second-order valence-electron chi connectivity index (χ2n) is 5.71. The molecular formula is C17H15F3N4O2S. The standard InChI is InChI=1S/C17H15F3N4O2S/c1-9-6-12-14(27-9)16(23-8-22-12)24-11-3-2-10(15(21)25)7-13(11)26-5-4-17(18,19)20/h2-3,6-8H,4-5H2,1H3,(H2,21,25)(H,22,23,24). The van der Waals surface area contributed by atoms with Crippen molar-refractivity contribution in [1.82, 2.24) is 9.97 Å². The summed E-state index contributed by atoms with van der Waals surface area (Å²) >= 11 is 1.48. The number of halogens is 3. The minimum absolute atomic E-state index is 0.0793. The number of thiophene rings is 1. The van der Waals surface area contributed by atoms with Crippen molar-refractivity contribution in [2.24, 2.45) is 5.73 Å². The molecule has 0 unspecified atom stereocenters. The Labute approximate surface area is 156 Å². The topological polar surface area (TPSA) is 90.1 Å². The van der Waals surface area contributed by atoms with Crippen LogP contribution in [-0.2, 0) is 0 Å². The Bertz CT molecular complexity index is 988. The number of ether oxygens (including phenoxy) is 1. The highest BCUT2D eigenvalue weighted by Crippen LogP contribution is 2.34. The number of aromatic nitrogens is 2. The van der Waals surface area contributed by atoms with Gasteiger partial charge in [0.15, 0.2) is 5.82 Å². The molecule has 2 heterocycles. The molecule has 0 atom stereocenters. The van der Waals surface area contributed by atoms with Gasteiger partial charge in [0.2, 0.25) is 5.91 Å². The van der Waals surface area contributed by atoms with E-state index in [0.717, 1.165) is 15.1 Å². The zero-order chi connectivity index (χ0) is 19.6. The maximum absolute atomic E-state index is 12.4. The van der Waals surface area contributed by atoms with Gasteiger partial charge < -0.3 is 15.8 Å². The number of nitrogens with two attached hydrogens (primary N) is 1. The third-order valence-corrected chi connectivity index (χ3v) is 4.64. The molecule has 142 valence electrons. The molecule has 0 spiro atoms. The minimum Gasteiger partial charge on any atom is -0.491 e. The van der Waals surface area contributed by atoms with Gasteiger partial charge in [-0.2, -0.15) is 13.2 Å². The van der Waals surface area contributed by atoms with Gasteiger partial charge >= 0.3 is 6.18 Å². The molecular weight excluding hydrogens is 381 g/mol. The van der Waals surface area contributed by atoms with Crippen molar-refractivity contribution in [2.75, 3.05) is 11.9 Å². The van der Waals surface area contributed by atoms with Gasteiger partial charge in [-0.1, -0.05) is 0 Å². The van der Waals surface area contributed by atoms with E-state index in [1.807, 2.05) is 13.0 Å². The van der Waals surface area contributed by atoms with Gasteiger partial charge in [-0.15, -0.1) is 11.3 Å². The van der Waals surface area contributed by atoms with Gasteiger partial charge in [0.1, 0.15) is 12.1 Å². The molecule has 1 aromatic carbocycles. The first kappa shape index (κ1) is 18.9. The van der Waals surface area contributed by atoms with Crippen molar-refractivity contribution in [3.63, 3.8) is 0 Å². The molecule has 0 saturated heterocycles. The number of carbonyl (C=O) groups excluding carboxylic acids is 1. The Balaban J connectivity index is 1.92. The SMILES string of the molecule is Cc1cc2ncnc(Nc3ccc(C(N)=O)cc3OCCC(F)(F)F)c2s1. The van der Waals surface area contributed by atoms with Gasteiger partial charge in [0.05, 0.1) is 28.9 Å². The number of hydrogen-bond donors (Lipinski definition) is 2. The average molecular weight is 396 g/mol. The Hall–Kier alpha value is -2.88. The number of hydrogen-bond acceptors (Lipinski definition) is 6. The summed E-state index contributed by atoms with van der Waals surface area (Å²) in [6.45, 7) is 1.35. The molecule has 2 aromatic heterocycles. The Morgan fingerprint density at radius 2 is 2.07 bits per heavy atom. The summed E-state index contributed by atoms with van der Waals surface area (Å²) in [6.07, 6.45) is -4.07. The lowest BCUT2D eigenvalue weighted by Gasteiger charge is -2.15. The highest BCUT2D eigenvalue weighted by atomic mass is 32.1. The van der Waals surface area contributed by atoms with Crippen LogP contribution in [0.5, 0.6) is 5.75 Å². The van der Waals surface area contributed by atoms with Gasteiger partial charge in [0, 0.05) is 10.4 Å². The second-order valence-corrected chi connectivity index (χ2v) is 6.96. The Morgan fingerprint density at radius 1 is 1.30 bits per heavy atom. The van der Waals surface area contributed by atoms with Crippen molar-refractivity contribution in [3.8, 4) is 5.75 Å². The third-order valence-electron chi connectivity index (χ3n) is 3.60. The molecule has 3 rings (SSSR count). The summed E-state index contributed by atoms with van der Waals surface area (Å²) in [4.78, 5) is 20.8. The predicted octanol–water partition coefficient (Wildman–Crippen LogP) is 4.17. The smallest absolute Gasteiger partial charge is 0.392 e. The molecule has 6 nitrogen and oxygen atoms in total. The lowest BCUT2D eigenvalue weighted by Crippen LogP contribution is -2.15. The van der Waals surface area contributed by atoms with Gasteiger partial charge in [-0.05, 0) is 31.2 Å². The molecule has 3 aromatic rings. The van der Waals surface area contributed by atoms with E-state index in [4.69, 9.17) is 10.5 Å². The van der Waals surface area contributed by atoms with Crippen LogP contribution < -0.4 is 15.8 Å². The molecule has 10 heteroatoms. The maximum Gasteiger partial charge on any atom is 0.392 e. The summed E-state index contributed by atoms with van der Waals surface area (Å²) in [5.41, 5.74) is 6.50. The zero-order valence-electron chi connectivity index (χ0n) is 14.1. The molecule has 0 saturated carbocycles. The van der Waals surface area contributed by atoms with Crippen LogP contribution in [0.1, 0.15) is 21.7 Å². The number of rotatable bonds is 6. The fourth-order valence-corrected chi connectivity index (χ4v) is 3.27. The van der Waals surface area contributed by atoms with Crippen LogP contribution >= 0.6 is 11.3 Å². The monoisotopic (exact) mass is 396 g/mol. The van der Waals surface area contributed by atoms with Crippen LogP contribution in [-0.4, -0.2) is 28.7 Å². The van der Waals surface area contributed by atoms with E-state index < -0.39 is 25.1 Å². The second kappa shape index (κ2) is 7.39. The van der Waals surface area contributed by atoms with Crippen molar-refractivity contribution in [1.29, 1.82) is 0 Å². The number of nitrogens with zero attached hydrogens (tertiary/aromatic N) is 2. The number of anilines is 2. The lowest BCUT2D eigenvalue weighted by molar-refractivity contribution is -0.139. The fraction of sp³-hybridized carbons (Fsp3) is 0.235. The molecule has 0 fully saturated rings. The first-order valence-electron chi connectivity index (χ1n) is 7.84. The first-order valence-corrected chi connectivity index (χ1v) is 8.66. The normalized spacial score (nSPS) is 11.6. The highest BCUT2D eigenvalue weighted by molar-refractivity contribution is 7.19. The van der Waals surface area contributed by atoms with Gasteiger partial charge in [0.25, 0.3) is 0 Å². The largest absolute Gasteiger partial charge is 0.491 e. The summed E-state index contributed by atoms with van der Waals surface area (Å²) < 4.78 is 43.3. The van der Waals surface area contributed by atoms with E-state index in [9.17, 15) is 18.0 Å². The van der Waals surface area contributed by atoms with E-state index >= 15 is 0 Å². The number of alkyl halides is 3. The van der Waals surface area contributed by atoms with Crippen molar-refractivity contribution >= 4 is 39.0 Å². The number of benzene rings is 1. The lowest BCUT2D eigenvalue weighted by atomic mass is 10.1. The Morgan fingerprint density at radius 3 is 2.78 bits per heavy atom. The fourth-order valence-electron chi connectivity index (χ4n) is 2.37. The molecule has 3 N–H and O–H groups in total. The molecule has 0 bridgehead atoms. The quantitative estimate of drug-likeness (QED) is 0.653. The summed E-state index contributed by atoms with van der Waals surface area (Å²) in [5, 5.41) is 3.04. The van der Waals surface area contributed by atoms with Crippen molar-refractivity contribution in [3.05, 3.63) is 41.0 Å². The number of aryl methyl sites for hydroxylation is 1. The van der Waals surface area contributed by atoms with Crippen molar-refractivity contribution < 1.29 is 22.7 Å². The average Bonchev–Trinajstić information content (AvgIpc) is 2.96. The van der Waals surface area contributed by atoms with E-state index in [0.29, 0.717) is 11.5 Å². The molecule has 1 amide bonds. The van der Waals surface area contributed by atoms with E-state index in [1.165, 1.54) is 35.9 Å². The van der Waals surface area contributed by atoms with E-state index in [1.54, 1.807) is 0 Å². The van der Waals surface area contributed by atoms with Crippen LogP contribution in [0.25, 0.3) is 10.2 Å². The molecule has 0 radical (unpaired) electrons. The van der Waals surface area contributed by atoms with Crippen LogP contribution in [0.2, 0.25) is 0 Å². The third kappa shape index (κ3) is 4.64. The zero-order valence-corrected chi connectivity index (χ0v) is 14.9. The van der Waals surface area contributed by atoms with Crippen LogP contribution in [0.15, 0.2) is 30.6 Å². The van der Waals surface area contributed by atoms with Crippen molar-refractivity contribution in [2.45, 2.75) is 19.5 Å². The summed E-state index contributed by atoms with van der Waals surface area (Å²) in [5.74, 6) is -0.137. The number of carbonyl (C=O) groups is 1. The number of primary amides is 1. The number of nitrogens with one attached hydrogen (secondary N) is 1. The van der Waals surface area contributed by atoms with Crippen LogP contribution in [0.3, 0.4) is 0 Å². The van der Waals surface area contributed by atoms with Crippen LogP contribution in [0, 0.1) is 6.92 Å². The van der Waals surface area contributed by atoms with E-state index in [-0.39, 0.29) is 11.3 Å². The van der Waals surface area contributed by atoms with Gasteiger partial charge in [-0.3, -0.25) is 4.79 Å². The minimum atomic E-state index is -4.35. The molecule has 0 aliphatic rings. The Kier molecular flexibility index (Phi) is 5.17. The molecule has 27 heavy (non-hydrogen) atoms.